The van der Waals surface area contributed by atoms with Gasteiger partial charge in [0.15, 0.2) is 0 Å². The van der Waals surface area contributed by atoms with E-state index < -0.39 is 9.05 Å². The Morgan fingerprint density at radius 1 is 0.545 bits per heavy atom. The van der Waals surface area contributed by atoms with Crippen LogP contribution in [0.15, 0.2) is 51.1 Å². The Morgan fingerprint density at radius 3 is 1.18 bits per heavy atom. The largest absolute Gasteiger partial charge is 0.821 e. The van der Waals surface area contributed by atoms with Gasteiger partial charge in [-0.25, -0.2) is 0 Å². The summed E-state index contributed by atoms with van der Waals surface area (Å²) in [7, 11) is -3.88. The molecule has 33 heavy (non-hydrogen) atoms. The first kappa shape index (κ1) is 32.2. The van der Waals surface area contributed by atoms with Crippen LogP contribution in [0.25, 0.3) is 0 Å². The highest BCUT2D eigenvalue weighted by Gasteiger charge is 2.56. The van der Waals surface area contributed by atoms with E-state index >= 15 is 0 Å². The summed E-state index contributed by atoms with van der Waals surface area (Å²) in [4.78, 5) is 0. The minimum absolute atomic E-state index is 0.279. The van der Waals surface area contributed by atoms with Gasteiger partial charge in [0.25, 0.3) is 0 Å². The first-order valence-electron chi connectivity index (χ1n) is 8.85. The van der Waals surface area contributed by atoms with Crippen molar-refractivity contribution in [3.8, 4) is 11.5 Å². The maximum absolute atomic E-state index is 6.51. The average Bonchev–Trinajstić information content (AvgIpc) is 2.81. The first-order chi connectivity index (χ1) is 15.6. The van der Waals surface area contributed by atoms with Gasteiger partial charge in [-0.05, 0) is 120 Å². The molecule has 0 aliphatic rings. The number of alkyl halides is 4. The Kier molecular flexibility index (Phi) is 15.2. The van der Waals surface area contributed by atoms with Gasteiger partial charge in [-0.3, -0.25) is 0 Å². The molecule has 0 saturated carbocycles. The van der Waals surface area contributed by atoms with E-state index in [2.05, 4.69) is 159 Å². The smallest absolute Gasteiger partial charge is 0.470 e. The third-order valence-electron chi connectivity index (χ3n) is 3.78. The van der Waals surface area contributed by atoms with Crippen molar-refractivity contribution in [2.75, 3.05) is 21.3 Å². The molecule has 0 fully saturated rings. The average molecular weight is 1120 g/mol. The standard InChI is InChI=1S/C18H14Br10O4Si/c19-5-9(6-20)29-33(30-10(7-21)8-22,31-13-3-1-11(23)15(25)17(13)27)32-14-4-2-12(24)16(26)18(14)28/h1-4,9-10H,5-8H2. The van der Waals surface area contributed by atoms with Crippen molar-refractivity contribution >= 4 is 168 Å². The lowest BCUT2D eigenvalue weighted by atomic mass is 10.3. The van der Waals surface area contributed by atoms with Gasteiger partial charge in [0, 0.05) is 39.2 Å². The zero-order valence-electron chi connectivity index (χ0n) is 16.2. The van der Waals surface area contributed by atoms with Crippen LogP contribution in [-0.2, 0) is 8.85 Å². The zero-order valence-corrected chi connectivity index (χ0v) is 33.1. The summed E-state index contributed by atoms with van der Waals surface area (Å²) in [6.45, 7) is 0. The molecule has 0 N–H and O–H groups in total. The second kappa shape index (κ2) is 15.5. The second-order valence-corrected chi connectivity index (χ2v) is 15.5. The molecule has 0 heterocycles. The van der Waals surface area contributed by atoms with E-state index in [4.69, 9.17) is 17.7 Å². The van der Waals surface area contributed by atoms with Gasteiger partial charge in [0.1, 0.15) is 11.5 Å². The highest BCUT2D eigenvalue weighted by Crippen LogP contribution is 2.42. The molecule has 4 nitrogen and oxygen atoms in total. The lowest BCUT2D eigenvalue weighted by Crippen LogP contribution is -2.59. The van der Waals surface area contributed by atoms with E-state index in [0.717, 1.165) is 17.9 Å². The second-order valence-electron chi connectivity index (χ2n) is 6.15. The van der Waals surface area contributed by atoms with Crippen molar-refractivity contribution in [2.24, 2.45) is 0 Å². The molecule has 0 atom stereocenters. The van der Waals surface area contributed by atoms with Crippen LogP contribution in [0.3, 0.4) is 0 Å². The third kappa shape index (κ3) is 9.01. The molecule has 0 aliphatic heterocycles. The maximum Gasteiger partial charge on any atom is 0.821 e. The molecule has 0 aromatic heterocycles. The molecule has 0 aliphatic carbocycles. The molecule has 2 aromatic rings. The predicted octanol–water partition coefficient (Wildman–Crippen LogP) is 10.5. The fourth-order valence-electron chi connectivity index (χ4n) is 2.20. The van der Waals surface area contributed by atoms with Crippen molar-refractivity contribution in [3.05, 3.63) is 51.1 Å². The normalized spacial score (nSPS) is 12.0. The Hall–Kier alpha value is 2.98. The number of hydrogen-bond donors (Lipinski definition) is 0. The Balaban J connectivity index is 2.65. The highest BCUT2D eigenvalue weighted by atomic mass is 79.9. The van der Waals surface area contributed by atoms with Crippen LogP contribution < -0.4 is 8.85 Å². The molecular weight excluding hydrogens is 1110 g/mol. The lowest BCUT2D eigenvalue weighted by molar-refractivity contribution is 0.00573. The van der Waals surface area contributed by atoms with Crippen LogP contribution >= 0.6 is 159 Å². The predicted molar refractivity (Wildman–Crippen MR) is 171 cm³/mol. The van der Waals surface area contributed by atoms with E-state index in [-0.39, 0.29) is 12.2 Å². The summed E-state index contributed by atoms with van der Waals surface area (Å²) >= 11 is 35.4. The first-order valence-corrected chi connectivity index (χ1v) is 19.7. The SMILES string of the molecule is BrCC(CBr)O[Si](Oc1ccc(Br)c(Br)c1Br)(Oc1ccc(Br)c(Br)c1Br)OC(CBr)CBr. The van der Waals surface area contributed by atoms with Crippen LogP contribution in [0.2, 0.25) is 0 Å². The van der Waals surface area contributed by atoms with Crippen LogP contribution in [0.5, 0.6) is 11.5 Å². The van der Waals surface area contributed by atoms with Crippen molar-refractivity contribution in [1.82, 2.24) is 0 Å². The van der Waals surface area contributed by atoms with E-state index in [1.807, 2.05) is 24.3 Å². The van der Waals surface area contributed by atoms with E-state index in [0.29, 0.717) is 41.8 Å². The van der Waals surface area contributed by atoms with Crippen LogP contribution in [-0.4, -0.2) is 42.6 Å². The van der Waals surface area contributed by atoms with Gasteiger partial charge in [0.2, 0.25) is 0 Å². The minimum atomic E-state index is -3.88. The van der Waals surface area contributed by atoms with E-state index in [1.165, 1.54) is 0 Å². The number of hydrogen-bond acceptors (Lipinski definition) is 4. The molecular formula is C18H14Br10O4Si. The summed E-state index contributed by atoms with van der Waals surface area (Å²) < 4.78 is 30.7. The molecule has 0 unspecified atom stereocenters. The van der Waals surface area contributed by atoms with Crippen molar-refractivity contribution in [2.45, 2.75) is 12.2 Å². The summed E-state index contributed by atoms with van der Waals surface area (Å²) in [6, 6.07) is 7.37. The zero-order chi connectivity index (χ0) is 24.8. The fourth-order valence-corrected chi connectivity index (χ4v) is 11.2. The molecule has 0 amide bonds. The highest BCUT2D eigenvalue weighted by molar-refractivity contribution is 9.15. The molecule has 2 aromatic carbocycles. The summed E-state index contributed by atoms with van der Waals surface area (Å²) in [6.07, 6.45) is -0.559. The summed E-state index contributed by atoms with van der Waals surface area (Å²) in [5.74, 6) is 1.02. The molecule has 0 radical (unpaired) electrons. The molecule has 0 spiro atoms. The minimum Gasteiger partial charge on any atom is -0.470 e. The molecule has 15 heteroatoms. The fraction of sp³-hybridized carbons (Fsp3) is 0.333. The van der Waals surface area contributed by atoms with Crippen LogP contribution in [0, 0.1) is 0 Å². The van der Waals surface area contributed by atoms with Gasteiger partial charge in [0.05, 0.1) is 21.2 Å². The van der Waals surface area contributed by atoms with Gasteiger partial charge >= 0.3 is 9.05 Å². The number of rotatable bonds is 12. The Morgan fingerprint density at radius 2 is 0.879 bits per heavy atom. The Bertz CT molecular complexity index is 867. The monoisotopic (exact) mass is 1110 g/mol. The quantitative estimate of drug-likeness (QED) is 0.121. The molecule has 184 valence electrons. The maximum atomic E-state index is 6.51. The van der Waals surface area contributed by atoms with E-state index in [1.54, 1.807) is 0 Å². The van der Waals surface area contributed by atoms with Gasteiger partial charge < -0.3 is 17.7 Å². The summed E-state index contributed by atoms with van der Waals surface area (Å²) in [5.41, 5.74) is 0. The topological polar surface area (TPSA) is 36.9 Å². The molecule has 0 saturated heterocycles. The lowest BCUT2D eigenvalue weighted by Gasteiger charge is -2.33. The van der Waals surface area contributed by atoms with Crippen molar-refractivity contribution in [1.29, 1.82) is 0 Å². The van der Waals surface area contributed by atoms with Crippen molar-refractivity contribution < 1.29 is 17.7 Å². The molecule has 2 rings (SSSR count). The van der Waals surface area contributed by atoms with E-state index in [9.17, 15) is 0 Å². The van der Waals surface area contributed by atoms with Crippen LogP contribution in [0.1, 0.15) is 0 Å². The van der Waals surface area contributed by atoms with Crippen LogP contribution in [0.4, 0.5) is 0 Å². The number of benzene rings is 2. The van der Waals surface area contributed by atoms with Gasteiger partial charge in [-0.1, -0.05) is 63.7 Å². The Labute approximate surface area is 278 Å². The van der Waals surface area contributed by atoms with Crippen molar-refractivity contribution in [3.63, 3.8) is 0 Å². The third-order valence-corrected chi connectivity index (χ3v) is 15.5. The summed E-state index contributed by atoms with van der Waals surface area (Å²) in [5, 5.41) is 2.19. The van der Waals surface area contributed by atoms with Gasteiger partial charge in [-0.15, -0.1) is 0 Å². The number of halogens is 10. The molecule has 0 bridgehead atoms. The van der Waals surface area contributed by atoms with Gasteiger partial charge in [-0.2, -0.15) is 0 Å².